The zero-order valence-corrected chi connectivity index (χ0v) is 15.7. The molecule has 4 aliphatic carbocycles. The molecule has 4 bridgehead atoms. The third-order valence-electron chi connectivity index (χ3n) is 7.63. The van der Waals surface area contributed by atoms with E-state index in [9.17, 15) is 13.6 Å². The first-order valence-corrected chi connectivity index (χ1v) is 10.5. The first-order valence-electron chi connectivity index (χ1n) is 10.5. The van der Waals surface area contributed by atoms with Gasteiger partial charge >= 0.3 is 0 Å². The molecule has 3 nitrogen and oxygen atoms in total. The van der Waals surface area contributed by atoms with Crippen LogP contribution in [0.15, 0.2) is 18.2 Å². The second kappa shape index (κ2) is 6.46. The first-order chi connectivity index (χ1) is 13.0. The number of hydrogen-bond acceptors (Lipinski definition) is 2. The largest absolute Gasteiger partial charge is 0.371 e. The van der Waals surface area contributed by atoms with Crippen LogP contribution in [0.2, 0.25) is 0 Å². The van der Waals surface area contributed by atoms with Gasteiger partial charge in [0.05, 0.1) is 0 Å². The molecule has 1 aliphatic heterocycles. The summed E-state index contributed by atoms with van der Waals surface area (Å²) < 4.78 is 26.6. The van der Waals surface area contributed by atoms with E-state index < -0.39 is 11.6 Å². The molecule has 4 saturated carbocycles. The normalized spacial score (nSPS) is 37.0. The Labute approximate surface area is 159 Å². The van der Waals surface area contributed by atoms with Crippen LogP contribution < -0.4 is 10.2 Å². The van der Waals surface area contributed by atoms with Crippen LogP contribution in [0.25, 0.3) is 0 Å². The van der Waals surface area contributed by atoms with E-state index in [4.69, 9.17) is 0 Å². The average molecular weight is 374 g/mol. The Morgan fingerprint density at radius 3 is 2.37 bits per heavy atom. The molecule has 5 fully saturated rings. The monoisotopic (exact) mass is 374 g/mol. The summed E-state index contributed by atoms with van der Waals surface area (Å²) in [4.78, 5) is 15.2. The molecule has 0 aromatic heterocycles. The Hall–Kier alpha value is -1.65. The van der Waals surface area contributed by atoms with E-state index in [1.165, 1.54) is 31.4 Å². The number of rotatable bonds is 4. The number of carbonyl (C=O) groups is 1. The summed E-state index contributed by atoms with van der Waals surface area (Å²) in [6.45, 7) is 2.30. The second-order valence-corrected chi connectivity index (χ2v) is 9.61. The van der Waals surface area contributed by atoms with Gasteiger partial charge in [-0.3, -0.25) is 4.79 Å². The van der Waals surface area contributed by atoms with E-state index in [1.807, 2.05) is 0 Å². The molecular formula is C22H28F2N2O. The molecule has 0 radical (unpaired) electrons. The molecule has 1 heterocycles. The zero-order chi connectivity index (χ0) is 18.6. The minimum atomic E-state index is -0.808. The van der Waals surface area contributed by atoms with Crippen molar-refractivity contribution in [2.75, 3.05) is 24.5 Å². The first kappa shape index (κ1) is 17.4. The van der Waals surface area contributed by atoms with Crippen molar-refractivity contribution in [2.45, 2.75) is 44.9 Å². The summed E-state index contributed by atoms with van der Waals surface area (Å²) in [5.74, 6) is 1.37. The third kappa shape index (κ3) is 3.13. The highest BCUT2D eigenvalue weighted by molar-refractivity contribution is 5.83. The molecule has 1 aromatic carbocycles. The van der Waals surface area contributed by atoms with E-state index in [-0.39, 0.29) is 11.3 Å². The number of hydrogen-bond donors (Lipinski definition) is 1. The lowest BCUT2D eigenvalue weighted by Crippen LogP contribution is -2.54. The number of anilines is 1. The lowest BCUT2D eigenvalue weighted by Gasteiger charge is -2.55. The topological polar surface area (TPSA) is 32.3 Å². The second-order valence-electron chi connectivity index (χ2n) is 9.61. The van der Waals surface area contributed by atoms with Gasteiger partial charge < -0.3 is 10.2 Å². The quantitative estimate of drug-likeness (QED) is 0.860. The van der Waals surface area contributed by atoms with Crippen LogP contribution >= 0.6 is 0 Å². The number of amides is 1. The Morgan fingerprint density at radius 1 is 1.07 bits per heavy atom. The van der Waals surface area contributed by atoms with Crippen LogP contribution in [0, 0.1) is 40.7 Å². The van der Waals surface area contributed by atoms with Crippen LogP contribution in [-0.4, -0.2) is 25.5 Å². The average Bonchev–Trinajstić information content (AvgIpc) is 3.10. The van der Waals surface area contributed by atoms with Gasteiger partial charge in [0.1, 0.15) is 0 Å². The maximum Gasteiger partial charge on any atom is 0.226 e. The number of nitrogens with one attached hydrogen (secondary N) is 1. The minimum Gasteiger partial charge on any atom is -0.371 e. The van der Waals surface area contributed by atoms with E-state index in [0.717, 1.165) is 62.2 Å². The lowest BCUT2D eigenvalue weighted by atomic mass is 9.49. The summed E-state index contributed by atoms with van der Waals surface area (Å²) in [5.41, 5.74) is 0.636. The molecule has 146 valence electrons. The van der Waals surface area contributed by atoms with Gasteiger partial charge in [-0.25, -0.2) is 8.78 Å². The van der Waals surface area contributed by atoms with Crippen molar-refractivity contribution >= 4 is 11.6 Å². The molecule has 1 saturated heterocycles. The number of halogens is 2. The van der Waals surface area contributed by atoms with Crippen molar-refractivity contribution in [2.24, 2.45) is 29.1 Å². The maximum absolute atomic E-state index is 13.5. The van der Waals surface area contributed by atoms with E-state index >= 15 is 0 Å². The van der Waals surface area contributed by atoms with Gasteiger partial charge in [-0.2, -0.15) is 0 Å². The predicted molar refractivity (Wildman–Crippen MR) is 100 cm³/mol. The molecule has 6 rings (SSSR count). The van der Waals surface area contributed by atoms with Crippen molar-refractivity contribution in [3.05, 3.63) is 29.8 Å². The predicted octanol–water partition coefficient (Wildman–Crippen LogP) is 4.12. The molecule has 0 spiro atoms. The Morgan fingerprint density at radius 2 is 1.74 bits per heavy atom. The summed E-state index contributed by atoms with van der Waals surface area (Å²) in [6, 6.07) is 4.09. The molecule has 5 heteroatoms. The molecule has 1 atom stereocenters. The SMILES string of the molecule is O=C(NCC1CCN(c2ccc(F)c(F)c2)C1)C12CC3CC(CC(C3)C1)C2. The standard InChI is InChI=1S/C22H28F2N2O/c23-19-2-1-18(8-20(19)24)26-4-3-14(13-26)12-25-21(27)22-9-15-5-16(10-22)7-17(6-15)11-22/h1-2,8,14-17H,3-7,9-13H2,(H,25,27). The molecule has 1 aromatic rings. The number of carbonyl (C=O) groups excluding carboxylic acids is 1. The summed E-state index contributed by atoms with van der Waals surface area (Å²) in [6.07, 6.45) is 8.29. The zero-order valence-electron chi connectivity index (χ0n) is 15.7. The fourth-order valence-corrected chi connectivity index (χ4v) is 6.73. The van der Waals surface area contributed by atoms with Crippen molar-refractivity contribution < 1.29 is 13.6 Å². The van der Waals surface area contributed by atoms with Gasteiger partial charge in [-0.15, -0.1) is 0 Å². The fraction of sp³-hybridized carbons (Fsp3) is 0.682. The lowest BCUT2D eigenvalue weighted by molar-refractivity contribution is -0.146. The Kier molecular flexibility index (Phi) is 4.17. The molecule has 1 unspecified atom stereocenters. The van der Waals surface area contributed by atoms with Crippen molar-refractivity contribution in [1.29, 1.82) is 0 Å². The molecule has 1 amide bonds. The van der Waals surface area contributed by atoms with Crippen LogP contribution in [0.3, 0.4) is 0 Å². The highest BCUT2D eigenvalue weighted by Crippen LogP contribution is 2.60. The van der Waals surface area contributed by atoms with Gasteiger partial charge in [0, 0.05) is 36.8 Å². The maximum atomic E-state index is 13.5. The van der Waals surface area contributed by atoms with Crippen LogP contribution in [-0.2, 0) is 4.79 Å². The van der Waals surface area contributed by atoms with Crippen molar-refractivity contribution in [1.82, 2.24) is 5.32 Å². The van der Waals surface area contributed by atoms with Gasteiger partial charge in [-0.1, -0.05) is 0 Å². The van der Waals surface area contributed by atoms with E-state index in [2.05, 4.69) is 10.2 Å². The van der Waals surface area contributed by atoms with E-state index in [1.54, 1.807) is 6.07 Å². The fourth-order valence-electron chi connectivity index (χ4n) is 6.73. The molecule has 1 N–H and O–H groups in total. The Balaban J connectivity index is 1.18. The highest BCUT2D eigenvalue weighted by atomic mass is 19.2. The smallest absolute Gasteiger partial charge is 0.226 e. The van der Waals surface area contributed by atoms with E-state index in [0.29, 0.717) is 12.5 Å². The highest BCUT2D eigenvalue weighted by Gasteiger charge is 2.54. The summed E-state index contributed by atoms with van der Waals surface area (Å²) in [5, 5.41) is 3.27. The van der Waals surface area contributed by atoms with Crippen LogP contribution in [0.5, 0.6) is 0 Å². The van der Waals surface area contributed by atoms with Crippen LogP contribution in [0.4, 0.5) is 14.5 Å². The van der Waals surface area contributed by atoms with Gasteiger partial charge in [0.15, 0.2) is 11.6 Å². The number of nitrogens with zero attached hydrogens (tertiary/aromatic N) is 1. The van der Waals surface area contributed by atoms with Crippen molar-refractivity contribution in [3.8, 4) is 0 Å². The molecule has 5 aliphatic rings. The number of benzene rings is 1. The van der Waals surface area contributed by atoms with Gasteiger partial charge in [0.25, 0.3) is 0 Å². The molecule has 27 heavy (non-hydrogen) atoms. The minimum absolute atomic E-state index is 0.0902. The molecular weight excluding hydrogens is 346 g/mol. The van der Waals surface area contributed by atoms with Gasteiger partial charge in [0.2, 0.25) is 5.91 Å². The van der Waals surface area contributed by atoms with Crippen molar-refractivity contribution in [3.63, 3.8) is 0 Å². The van der Waals surface area contributed by atoms with Crippen LogP contribution in [0.1, 0.15) is 44.9 Å². The summed E-state index contributed by atoms with van der Waals surface area (Å²) >= 11 is 0. The third-order valence-corrected chi connectivity index (χ3v) is 7.63. The van der Waals surface area contributed by atoms with Gasteiger partial charge in [-0.05, 0) is 80.8 Å². The Bertz CT molecular complexity index is 715. The summed E-state index contributed by atoms with van der Waals surface area (Å²) in [7, 11) is 0.